The van der Waals surface area contributed by atoms with Crippen molar-refractivity contribution in [2.75, 3.05) is 26.2 Å². The van der Waals surface area contributed by atoms with Crippen LogP contribution in [0.15, 0.2) is 12.4 Å². The molecule has 1 aromatic heterocycles. The normalized spacial score (nSPS) is 16.2. The van der Waals surface area contributed by atoms with Gasteiger partial charge in [-0.25, -0.2) is 0 Å². The van der Waals surface area contributed by atoms with Gasteiger partial charge in [-0.05, 0) is 31.8 Å². The van der Waals surface area contributed by atoms with Crippen molar-refractivity contribution in [2.45, 2.75) is 19.8 Å². The van der Waals surface area contributed by atoms with Crippen LogP contribution in [0.3, 0.4) is 0 Å². The Hall–Kier alpha value is -1.07. The van der Waals surface area contributed by atoms with Crippen LogP contribution in [0, 0.1) is 5.92 Å². The molecule has 0 radical (unpaired) electrons. The number of halogens is 1. The number of nitrogens with one attached hydrogen (secondary N) is 1. The second kappa shape index (κ2) is 7.50. The number of likely N-dealkylation sites (tertiary alicyclic amines) is 1. The summed E-state index contributed by atoms with van der Waals surface area (Å²) in [4.78, 5) is 14.1. The van der Waals surface area contributed by atoms with Crippen LogP contribution in [0.5, 0.6) is 0 Å². The molecule has 2 heterocycles. The van der Waals surface area contributed by atoms with Gasteiger partial charge in [0.05, 0.1) is 11.8 Å². The number of aryl methyl sites for hydroxylation is 1. The van der Waals surface area contributed by atoms with Crippen molar-refractivity contribution >= 4 is 18.3 Å². The number of amides is 1. The highest BCUT2D eigenvalue weighted by Crippen LogP contribution is 2.18. The van der Waals surface area contributed by atoms with E-state index >= 15 is 0 Å². The first-order valence-electron chi connectivity index (χ1n) is 6.69. The average Bonchev–Trinajstić information content (AvgIpc) is 2.83. The maximum Gasteiger partial charge on any atom is 0.257 e. The molecule has 0 atom stereocenters. The van der Waals surface area contributed by atoms with Gasteiger partial charge in [0.1, 0.15) is 0 Å². The molecule has 0 spiro atoms. The molecule has 1 N–H and O–H groups in total. The molecule has 2 rings (SSSR count). The highest BCUT2D eigenvalue weighted by Gasteiger charge is 2.23. The smallest absolute Gasteiger partial charge is 0.257 e. The predicted molar refractivity (Wildman–Crippen MR) is 77.6 cm³/mol. The Balaban J connectivity index is 0.00000180. The Labute approximate surface area is 120 Å². The van der Waals surface area contributed by atoms with Gasteiger partial charge in [-0.15, -0.1) is 12.4 Å². The molecule has 1 fully saturated rings. The number of rotatable bonds is 4. The van der Waals surface area contributed by atoms with Gasteiger partial charge in [-0.2, -0.15) is 5.10 Å². The Morgan fingerprint density at radius 3 is 2.68 bits per heavy atom. The molecule has 1 aromatic rings. The molecule has 0 aromatic carbocycles. The summed E-state index contributed by atoms with van der Waals surface area (Å²) in [7, 11) is 1.83. The summed E-state index contributed by atoms with van der Waals surface area (Å²) in [5.41, 5.74) is 0.697. The fourth-order valence-electron chi connectivity index (χ4n) is 2.40. The van der Waals surface area contributed by atoms with E-state index in [9.17, 15) is 4.79 Å². The van der Waals surface area contributed by atoms with Crippen LogP contribution in [0.2, 0.25) is 0 Å². The first-order chi connectivity index (χ1) is 8.70. The summed E-state index contributed by atoms with van der Waals surface area (Å²) in [5.74, 6) is 0.827. The summed E-state index contributed by atoms with van der Waals surface area (Å²) >= 11 is 0. The third-order valence-corrected chi connectivity index (χ3v) is 3.54. The largest absolute Gasteiger partial charge is 0.339 e. The molecule has 1 aliphatic heterocycles. The zero-order valence-electron chi connectivity index (χ0n) is 11.6. The minimum absolute atomic E-state index is 0. The van der Waals surface area contributed by atoms with Crippen molar-refractivity contribution in [3.8, 4) is 0 Å². The third kappa shape index (κ3) is 4.21. The molecule has 1 aliphatic rings. The van der Waals surface area contributed by atoms with E-state index in [1.165, 1.54) is 0 Å². The molecule has 0 bridgehead atoms. The van der Waals surface area contributed by atoms with Crippen LogP contribution in [0.25, 0.3) is 0 Å². The summed E-state index contributed by atoms with van der Waals surface area (Å²) in [5, 5.41) is 7.43. The molecule has 6 heteroatoms. The maximum absolute atomic E-state index is 12.2. The third-order valence-electron chi connectivity index (χ3n) is 3.54. The van der Waals surface area contributed by atoms with Crippen LogP contribution in [-0.2, 0) is 7.05 Å². The molecule has 1 saturated heterocycles. The van der Waals surface area contributed by atoms with E-state index in [1.54, 1.807) is 17.1 Å². The minimum atomic E-state index is 0. The van der Waals surface area contributed by atoms with Crippen LogP contribution < -0.4 is 5.32 Å². The Morgan fingerprint density at radius 2 is 2.16 bits per heavy atom. The van der Waals surface area contributed by atoms with E-state index in [-0.39, 0.29) is 18.3 Å². The Kier molecular flexibility index (Phi) is 6.31. The number of nitrogens with zero attached hydrogens (tertiary/aromatic N) is 3. The van der Waals surface area contributed by atoms with E-state index in [4.69, 9.17) is 0 Å². The maximum atomic E-state index is 12.2. The first kappa shape index (κ1) is 16.0. The molecule has 0 saturated carbocycles. The lowest BCUT2D eigenvalue weighted by Gasteiger charge is -2.31. The van der Waals surface area contributed by atoms with Crippen molar-refractivity contribution in [3.63, 3.8) is 0 Å². The second-order valence-electron chi connectivity index (χ2n) is 4.95. The fourth-order valence-corrected chi connectivity index (χ4v) is 2.40. The lowest BCUT2D eigenvalue weighted by Crippen LogP contribution is -2.40. The Bertz CT molecular complexity index is 399. The SMILES string of the molecule is CCNCC1CCN(C(=O)c2cnn(C)c2)CC1.Cl. The number of aromatic nitrogens is 2. The highest BCUT2D eigenvalue weighted by atomic mass is 35.5. The topological polar surface area (TPSA) is 50.2 Å². The number of carbonyl (C=O) groups is 1. The van der Waals surface area contributed by atoms with E-state index in [2.05, 4.69) is 17.3 Å². The van der Waals surface area contributed by atoms with Crippen molar-refractivity contribution in [1.29, 1.82) is 0 Å². The summed E-state index contributed by atoms with van der Waals surface area (Å²) in [6.07, 6.45) is 5.62. The molecule has 19 heavy (non-hydrogen) atoms. The molecule has 5 nitrogen and oxygen atoms in total. The number of hydrogen-bond acceptors (Lipinski definition) is 3. The molecule has 0 aliphatic carbocycles. The van der Waals surface area contributed by atoms with Gasteiger partial charge in [0, 0.05) is 26.3 Å². The van der Waals surface area contributed by atoms with Crippen molar-refractivity contribution in [3.05, 3.63) is 18.0 Å². The number of piperidine rings is 1. The lowest BCUT2D eigenvalue weighted by atomic mass is 9.96. The zero-order valence-corrected chi connectivity index (χ0v) is 12.4. The zero-order chi connectivity index (χ0) is 13.0. The molecular formula is C13H23ClN4O. The molecule has 1 amide bonds. The van der Waals surface area contributed by atoms with Crippen molar-refractivity contribution < 1.29 is 4.79 Å². The molecular weight excluding hydrogens is 264 g/mol. The standard InChI is InChI=1S/C13H22N4O.ClH/c1-3-14-8-11-4-6-17(7-5-11)13(18)12-9-15-16(2)10-12;/h9-11,14H,3-8H2,1-2H3;1H. The van der Waals surface area contributed by atoms with Gasteiger partial charge in [-0.3, -0.25) is 9.48 Å². The minimum Gasteiger partial charge on any atom is -0.339 e. The lowest BCUT2D eigenvalue weighted by molar-refractivity contribution is 0.0690. The van der Waals surface area contributed by atoms with Crippen molar-refractivity contribution in [1.82, 2.24) is 20.0 Å². The number of carbonyl (C=O) groups excluding carboxylic acids is 1. The van der Waals surface area contributed by atoms with Crippen molar-refractivity contribution in [2.24, 2.45) is 13.0 Å². The van der Waals surface area contributed by atoms with Gasteiger partial charge in [0.15, 0.2) is 0 Å². The van der Waals surface area contributed by atoms with E-state index in [1.807, 2.05) is 11.9 Å². The first-order valence-corrected chi connectivity index (χ1v) is 6.69. The summed E-state index contributed by atoms with van der Waals surface area (Å²) in [6.45, 7) is 5.95. The van der Waals surface area contributed by atoms with Crippen LogP contribution in [-0.4, -0.2) is 46.8 Å². The van der Waals surface area contributed by atoms with Gasteiger partial charge >= 0.3 is 0 Å². The van der Waals surface area contributed by atoms with Gasteiger partial charge in [0.2, 0.25) is 0 Å². The van der Waals surface area contributed by atoms with Crippen LogP contribution in [0.4, 0.5) is 0 Å². The average molecular weight is 287 g/mol. The second-order valence-corrected chi connectivity index (χ2v) is 4.95. The molecule has 0 unspecified atom stereocenters. The van der Waals surface area contributed by atoms with E-state index in [0.29, 0.717) is 11.5 Å². The molecule has 108 valence electrons. The fraction of sp³-hybridized carbons (Fsp3) is 0.692. The van der Waals surface area contributed by atoms with Gasteiger partial charge in [-0.1, -0.05) is 6.92 Å². The van der Waals surface area contributed by atoms with Crippen LogP contribution >= 0.6 is 12.4 Å². The predicted octanol–water partition coefficient (Wildman–Crippen LogP) is 1.30. The van der Waals surface area contributed by atoms with Gasteiger partial charge < -0.3 is 10.2 Å². The number of hydrogen-bond donors (Lipinski definition) is 1. The Morgan fingerprint density at radius 1 is 1.47 bits per heavy atom. The van der Waals surface area contributed by atoms with E-state index in [0.717, 1.165) is 39.0 Å². The summed E-state index contributed by atoms with van der Waals surface area (Å²) < 4.78 is 1.67. The van der Waals surface area contributed by atoms with Gasteiger partial charge in [0.25, 0.3) is 5.91 Å². The monoisotopic (exact) mass is 286 g/mol. The highest BCUT2D eigenvalue weighted by molar-refractivity contribution is 5.93. The van der Waals surface area contributed by atoms with Crippen LogP contribution in [0.1, 0.15) is 30.1 Å². The quantitative estimate of drug-likeness (QED) is 0.908. The van der Waals surface area contributed by atoms with E-state index < -0.39 is 0 Å². The summed E-state index contributed by atoms with van der Waals surface area (Å²) in [6, 6.07) is 0.